The van der Waals surface area contributed by atoms with Crippen LogP contribution in [-0.2, 0) is 45.2 Å². The lowest BCUT2D eigenvalue weighted by Gasteiger charge is -2.62. The molecular weight excluding hydrogens is 1500 g/mol. The van der Waals surface area contributed by atoms with Crippen LogP contribution in [0.2, 0.25) is 0 Å². The predicted octanol–water partition coefficient (Wildman–Crippen LogP) is 11.7. The third kappa shape index (κ3) is 20.8. The fraction of sp³-hybridized carbons (Fsp3) is 0.583. The average Bonchev–Trinajstić information content (AvgIpc) is 1.27. The molecule has 119 heavy (non-hydrogen) atoms. The minimum Gasteiger partial charge on any atom is -0.493 e. The summed E-state index contributed by atoms with van der Waals surface area (Å²) in [6, 6.07) is 42.2. The summed E-state index contributed by atoms with van der Waals surface area (Å²) in [6.07, 6.45) is 7.73. The van der Waals surface area contributed by atoms with Gasteiger partial charge in [0.1, 0.15) is 35.8 Å². The molecule has 3 amide bonds. The highest BCUT2D eigenvalue weighted by Crippen LogP contribution is 2.62. The Morgan fingerprint density at radius 3 is 1.35 bits per heavy atom. The van der Waals surface area contributed by atoms with Gasteiger partial charge >= 0.3 is 5.97 Å². The van der Waals surface area contributed by atoms with E-state index in [4.69, 9.17) is 24.9 Å². The van der Waals surface area contributed by atoms with E-state index in [1.807, 2.05) is 125 Å². The molecule has 6 aliphatic carbocycles. The van der Waals surface area contributed by atoms with E-state index in [9.17, 15) is 44.7 Å². The largest absolute Gasteiger partial charge is 0.493 e. The number of hydrogen-bond donors (Lipinski definition) is 9. The number of nitrogens with one attached hydrogen (secondary N) is 3. The number of carboxylic acid groups (broad SMARTS) is 1. The molecule has 23 heteroatoms. The molecule has 16 rings (SSSR count). The van der Waals surface area contributed by atoms with Crippen LogP contribution in [0.1, 0.15) is 164 Å². The summed E-state index contributed by atoms with van der Waals surface area (Å²) >= 11 is 0. The number of amides is 3. The molecule has 4 bridgehead atoms. The number of nitrogens with two attached hydrogens (primary N) is 1. The molecule has 4 heterocycles. The second-order valence-electron chi connectivity index (χ2n) is 36.9. The van der Waals surface area contributed by atoms with Crippen molar-refractivity contribution in [2.45, 2.75) is 207 Å². The number of benzene rings is 6. The van der Waals surface area contributed by atoms with Gasteiger partial charge in [0.15, 0.2) is 0 Å². The Morgan fingerprint density at radius 1 is 0.555 bits per heavy atom. The van der Waals surface area contributed by atoms with Gasteiger partial charge in [0.05, 0.1) is 57.3 Å². The van der Waals surface area contributed by atoms with E-state index in [1.165, 1.54) is 62.7 Å². The summed E-state index contributed by atoms with van der Waals surface area (Å²) in [5.41, 5.74) is 16.1. The van der Waals surface area contributed by atoms with Crippen molar-refractivity contribution in [1.29, 1.82) is 0 Å². The molecule has 6 aromatic carbocycles. The number of aliphatic hydroxyl groups excluding tert-OH is 4. The van der Waals surface area contributed by atoms with Crippen molar-refractivity contribution in [2.24, 2.45) is 63.9 Å². The van der Waals surface area contributed by atoms with Crippen LogP contribution in [0, 0.1) is 58.2 Å². The number of aromatic carboxylic acids is 1. The molecule has 10 fully saturated rings. The number of nitrogens with zero attached hydrogens (tertiary/aromatic N) is 6. The number of carboxylic acids is 1. The van der Waals surface area contributed by atoms with Gasteiger partial charge < -0.3 is 76.3 Å². The Bertz CT molecular complexity index is 4360. The first-order valence-electron chi connectivity index (χ1n) is 43.9. The number of ether oxygens (including phenoxy) is 2. The molecular formula is C96H136N10O13. The molecule has 648 valence electrons. The quantitative estimate of drug-likeness (QED) is 0.0195. The summed E-state index contributed by atoms with van der Waals surface area (Å²) in [7, 11) is 7.65. The number of para-hydroxylation sites is 2. The summed E-state index contributed by atoms with van der Waals surface area (Å²) in [5.74, 6) is 1.25. The molecule has 0 unspecified atom stereocenters. The lowest BCUT2D eigenvalue weighted by atomic mass is 9.45. The summed E-state index contributed by atoms with van der Waals surface area (Å²) < 4.78 is 12.6. The van der Waals surface area contributed by atoms with Gasteiger partial charge in [-0.05, 0) is 223 Å². The van der Waals surface area contributed by atoms with Crippen LogP contribution in [-0.4, -0.2) is 224 Å². The Morgan fingerprint density at radius 2 is 0.966 bits per heavy atom. The number of hydrogen-bond acceptors (Lipinski definition) is 19. The molecule has 0 spiro atoms. The lowest BCUT2D eigenvalue weighted by molar-refractivity contribution is -0.183. The minimum absolute atomic E-state index is 0.0358. The first-order valence-corrected chi connectivity index (χ1v) is 43.9. The molecule has 6 saturated carbocycles. The van der Waals surface area contributed by atoms with Crippen LogP contribution >= 0.6 is 0 Å². The molecule has 6 aromatic rings. The third-order valence-electron chi connectivity index (χ3n) is 27.9. The predicted molar refractivity (Wildman–Crippen MR) is 468 cm³/mol. The van der Waals surface area contributed by atoms with E-state index in [1.54, 1.807) is 36.1 Å². The van der Waals surface area contributed by atoms with Crippen molar-refractivity contribution >= 4 is 35.1 Å². The fourth-order valence-corrected chi connectivity index (χ4v) is 21.0. The van der Waals surface area contributed by atoms with Gasteiger partial charge in [-0.15, -0.1) is 0 Å². The molecule has 0 radical (unpaired) electrons. The molecule has 23 nitrogen and oxygen atoms in total. The number of likely N-dealkylation sites (tertiary alicyclic amines) is 2. The van der Waals surface area contributed by atoms with Crippen LogP contribution in [0.25, 0.3) is 22.3 Å². The molecule has 4 saturated heterocycles. The maximum Gasteiger partial charge on any atom is 0.335 e. The van der Waals surface area contributed by atoms with Crippen molar-refractivity contribution in [1.82, 2.24) is 35.9 Å². The lowest BCUT2D eigenvalue weighted by Crippen LogP contribution is -2.62. The van der Waals surface area contributed by atoms with Gasteiger partial charge in [0.25, 0.3) is 5.91 Å². The topological polar surface area (TPSA) is 288 Å². The van der Waals surface area contributed by atoms with Gasteiger partial charge in [0.2, 0.25) is 11.8 Å². The van der Waals surface area contributed by atoms with Gasteiger partial charge in [0, 0.05) is 116 Å². The van der Waals surface area contributed by atoms with Crippen molar-refractivity contribution in [3.05, 3.63) is 167 Å². The van der Waals surface area contributed by atoms with Crippen LogP contribution in [0.3, 0.4) is 0 Å². The Balaban J connectivity index is 0.000000190. The second kappa shape index (κ2) is 39.9. The minimum atomic E-state index is -1.03. The summed E-state index contributed by atoms with van der Waals surface area (Å²) in [4.78, 5) is 76.1. The molecule has 18 atom stereocenters. The van der Waals surface area contributed by atoms with Crippen LogP contribution in [0.5, 0.6) is 11.5 Å². The zero-order valence-electron chi connectivity index (χ0n) is 72.9. The normalized spacial score (nSPS) is 27.2. The molecule has 0 aromatic heterocycles. The second-order valence-corrected chi connectivity index (χ2v) is 36.9. The zero-order chi connectivity index (χ0) is 85.3. The highest BCUT2D eigenvalue weighted by molar-refractivity contribution is 5.97. The zero-order valence-corrected chi connectivity index (χ0v) is 72.9. The van der Waals surface area contributed by atoms with Gasteiger partial charge in [-0.2, -0.15) is 10.1 Å². The van der Waals surface area contributed by atoms with Crippen molar-refractivity contribution in [3.8, 4) is 33.8 Å². The number of anilines is 2. The van der Waals surface area contributed by atoms with Crippen LogP contribution < -0.4 is 41.0 Å². The SMILES string of the molecule is CCOc1c(CN2O[C@@H](CO)[C@@H]([C@H](C)O)[C@H]2C(=O)N[C@H]2C[C@H]3C[C@@H]([C@@H]2C)C3(C)C)cccc1-c1cc(C(=O)N[C@@H](Cc2ccccc2)CN2CCCC2)cc(N(C)C)c1.CCOc1c(CN2O[C@@H](CO)[C@@H]([C@H](C)O)[C@H]2C(=O)N[C@H]2C[C@H]3C[C@@H]([C@@H]2C)C3(C)C)cccc1-c1cc(C(=O)O)cc(N(C)C)c1.N[C@@H](Cc1ccccc1)CN1CCCC1. The smallest absolute Gasteiger partial charge is 0.335 e. The highest BCUT2D eigenvalue weighted by atomic mass is 16.7. The number of fused-ring (bicyclic) bond motifs is 4. The fourth-order valence-electron chi connectivity index (χ4n) is 21.0. The first-order chi connectivity index (χ1) is 56.9. The summed E-state index contributed by atoms with van der Waals surface area (Å²) in [6.45, 7) is 27.7. The number of hydroxylamine groups is 4. The van der Waals surface area contributed by atoms with E-state index in [0.29, 0.717) is 76.9 Å². The van der Waals surface area contributed by atoms with E-state index < -0.39 is 54.3 Å². The molecule has 10 N–H and O–H groups in total. The van der Waals surface area contributed by atoms with Crippen molar-refractivity contribution in [3.63, 3.8) is 0 Å². The van der Waals surface area contributed by atoms with Crippen molar-refractivity contribution < 1.29 is 63.9 Å². The molecule has 4 aliphatic heterocycles. The Labute approximate surface area is 706 Å². The maximum atomic E-state index is 14.4. The number of aliphatic hydroxyl groups is 4. The van der Waals surface area contributed by atoms with Gasteiger partial charge in [-0.3, -0.25) is 24.1 Å². The van der Waals surface area contributed by atoms with Gasteiger partial charge in [-0.1, -0.05) is 139 Å². The Kier molecular flexibility index (Phi) is 30.2. The monoisotopic (exact) mass is 1640 g/mol. The Hall–Kier alpha value is -8.04. The summed E-state index contributed by atoms with van der Waals surface area (Å²) in [5, 5.41) is 65.7. The standard InChI is InChI=1S/C48H67N5O6.C35H49N3O7.C13H20N2/c1-8-58-45-33(27-53-44(43(31(3)55)42(29-54)59-53)47(57)50-41-26-36-25-40(30(41)2)48(36,4)5)17-14-18-39(45)34-22-35(24-38(23-34)51(6)7)46(56)49-37(28-52-19-12-13-20-52)21-32-15-10-9-11-16-32;1-8-44-32-21(10-9-11-26(32)22-12-23(34(42)43)14-25(13-22)37(6)7)17-38-31(30(20(3)40)29(18-39)45-38)33(41)36-28-16-24-15-27(19(28)2)35(24,4)5;14-13(11-15-8-4-5-9-15)10-12-6-2-1-3-7-12/h9-11,14-18,22-24,30-31,36-37,40-44,54-55H,8,12-13,19-21,25-29H2,1-7H3,(H,49,56)(H,50,57);9-14,19-20,24,27-31,39-40H,8,15-18H2,1-7H3,(H,36,41)(H,42,43);1-3,6-7,13H,4-5,8-11,14H2/t30-,31-,36+,37-,40-,41-,42-,43+,44-;19-,20-,24+,27-,28-,29-,30+,31-;13-/m000/s1. The third-order valence-corrected chi connectivity index (χ3v) is 27.9. The first kappa shape index (κ1) is 90.2. The van der Waals surface area contributed by atoms with E-state index >= 15 is 0 Å². The number of carbonyl (C=O) groups excluding carboxylic acids is 3. The van der Waals surface area contributed by atoms with E-state index in [0.717, 1.165) is 85.5 Å². The van der Waals surface area contributed by atoms with Gasteiger partial charge in [-0.25, -0.2) is 4.79 Å². The van der Waals surface area contributed by atoms with E-state index in [-0.39, 0.29) is 84.6 Å². The number of carbonyl (C=O) groups is 4. The van der Waals surface area contributed by atoms with Crippen molar-refractivity contribution in [2.75, 3.05) is 104 Å². The highest BCUT2D eigenvalue weighted by Gasteiger charge is 2.59. The van der Waals surface area contributed by atoms with Crippen LogP contribution in [0.4, 0.5) is 11.4 Å². The number of rotatable bonds is 31. The molecule has 10 aliphatic rings. The van der Waals surface area contributed by atoms with E-state index in [2.05, 4.69) is 116 Å². The van der Waals surface area contributed by atoms with Crippen LogP contribution in [0.15, 0.2) is 133 Å². The average molecular weight is 1640 g/mol. The maximum absolute atomic E-state index is 14.4.